The molecule has 4 heteroatoms. The lowest BCUT2D eigenvalue weighted by atomic mass is 10.1. The number of aliphatic hydroxyl groups is 1. The average molecular weight is 315 g/mol. The summed E-state index contributed by atoms with van der Waals surface area (Å²) in [6.45, 7) is 3.31. The Bertz CT molecular complexity index is 647. The molecule has 1 aliphatic heterocycles. The molecule has 2 aromatic carbocycles. The van der Waals surface area contributed by atoms with Crippen LogP contribution in [0.5, 0.6) is 5.75 Å². The highest BCUT2D eigenvalue weighted by Crippen LogP contribution is 2.21. The Morgan fingerprint density at radius 1 is 1.17 bits per heavy atom. The second-order valence-electron chi connectivity index (χ2n) is 6.10. The summed E-state index contributed by atoms with van der Waals surface area (Å²) in [7, 11) is 0. The SMILES string of the molecule is OCC1CCN(Cc2cccc(OCc3ccccc3F)c2)C1. The van der Waals surface area contributed by atoms with Crippen molar-refractivity contribution in [1.29, 1.82) is 0 Å². The molecule has 0 aromatic heterocycles. The average Bonchev–Trinajstić information content (AvgIpc) is 3.02. The van der Waals surface area contributed by atoms with Crippen LogP contribution >= 0.6 is 0 Å². The molecule has 0 amide bonds. The number of hydrogen-bond donors (Lipinski definition) is 1. The highest BCUT2D eigenvalue weighted by atomic mass is 19.1. The van der Waals surface area contributed by atoms with Crippen molar-refractivity contribution in [2.75, 3.05) is 19.7 Å². The third kappa shape index (κ3) is 4.30. The fourth-order valence-electron chi connectivity index (χ4n) is 2.97. The minimum Gasteiger partial charge on any atom is -0.489 e. The summed E-state index contributed by atoms with van der Waals surface area (Å²) in [5, 5.41) is 9.22. The van der Waals surface area contributed by atoms with Crippen LogP contribution in [0.1, 0.15) is 17.5 Å². The van der Waals surface area contributed by atoms with Gasteiger partial charge < -0.3 is 9.84 Å². The molecule has 23 heavy (non-hydrogen) atoms. The van der Waals surface area contributed by atoms with Crippen molar-refractivity contribution in [1.82, 2.24) is 4.90 Å². The molecule has 1 fully saturated rings. The van der Waals surface area contributed by atoms with E-state index in [4.69, 9.17) is 4.74 Å². The number of nitrogens with zero attached hydrogens (tertiary/aromatic N) is 1. The van der Waals surface area contributed by atoms with E-state index in [1.165, 1.54) is 11.6 Å². The lowest BCUT2D eigenvalue weighted by Crippen LogP contribution is -2.20. The molecule has 1 atom stereocenters. The van der Waals surface area contributed by atoms with Crippen molar-refractivity contribution in [3.8, 4) is 5.75 Å². The predicted octanol–water partition coefficient (Wildman–Crippen LogP) is 3.22. The standard InChI is InChI=1S/C19H22FNO2/c20-19-7-2-1-5-17(19)14-23-18-6-3-4-15(10-18)11-21-9-8-16(12-21)13-22/h1-7,10,16,22H,8-9,11-14H2. The monoisotopic (exact) mass is 315 g/mol. The lowest BCUT2D eigenvalue weighted by molar-refractivity contribution is 0.220. The van der Waals surface area contributed by atoms with Crippen molar-refractivity contribution >= 4 is 0 Å². The smallest absolute Gasteiger partial charge is 0.129 e. The van der Waals surface area contributed by atoms with Gasteiger partial charge in [-0.15, -0.1) is 0 Å². The van der Waals surface area contributed by atoms with Crippen molar-refractivity contribution in [3.63, 3.8) is 0 Å². The van der Waals surface area contributed by atoms with Crippen LogP contribution in [-0.2, 0) is 13.2 Å². The van der Waals surface area contributed by atoms with Crippen molar-refractivity contribution in [2.45, 2.75) is 19.6 Å². The van der Waals surface area contributed by atoms with Gasteiger partial charge in [-0.1, -0.05) is 30.3 Å². The van der Waals surface area contributed by atoms with Gasteiger partial charge in [0.2, 0.25) is 0 Å². The van der Waals surface area contributed by atoms with Gasteiger partial charge in [-0.3, -0.25) is 4.90 Å². The molecule has 0 spiro atoms. The molecule has 1 N–H and O–H groups in total. The third-order valence-corrected chi connectivity index (χ3v) is 4.28. The van der Waals surface area contributed by atoms with Crippen molar-refractivity contribution in [3.05, 3.63) is 65.5 Å². The number of ether oxygens (including phenoxy) is 1. The van der Waals surface area contributed by atoms with Crippen LogP contribution in [0.3, 0.4) is 0 Å². The number of hydrogen-bond acceptors (Lipinski definition) is 3. The van der Waals surface area contributed by atoms with E-state index in [-0.39, 0.29) is 19.0 Å². The Kier molecular flexibility index (Phi) is 5.26. The van der Waals surface area contributed by atoms with E-state index >= 15 is 0 Å². The first-order valence-corrected chi connectivity index (χ1v) is 8.03. The van der Waals surface area contributed by atoms with E-state index in [9.17, 15) is 9.50 Å². The van der Waals surface area contributed by atoms with Crippen LogP contribution in [0.15, 0.2) is 48.5 Å². The first kappa shape index (κ1) is 16.0. The van der Waals surface area contributed by atoms with Crippen LogP contribution in [0.4, 0.5) is 4.39 Å². The van der Waals surface area contributed by atoms with E-state index in [2.05, 4.69) is 11.0 Å². The highest BCUT2D eigenvalue weighted by Gasteiger charge is 2.21. The molecule has 122 valence electrons. The van der Waals surface area contributed by atoms with Gasteiger partial charge >= 0.3 is 0 Å². The molecule has 1 saturated heterocycles. The molecule has 0 radical (unpaired) electrons. The molecule has 0 saturated carbocycles. The topological polar surface area (TPSA) is 32.7 Å². The first-order chi connectivity index (χ1) is 11.2. The fraction of sp³-hybridized carbons (Fsp3) is 0.368. The normalized spacial score (nSPS) is 18.3. The largest absolute Gasteiger partial charge is 0.489 e. The minimum absolute atomic E-state index is 0.229. The second kappa shape index (κ2) is 7.57. The molecule has 2 aromatic rings. The Hall–Kier alpha value is -1.91. The van der Waals surface area contributed by atoms with Gasteiger partial charge in [0, 0.05) is 25.3 Å². The molecule has 3 nitrogen and oxygen atoms in total. The predicted molar refractivity (Wildman–Crippen MR) is 87.6 cm³/mol. The van der Waals surface area contributed by atoms with Crippen molar-refractivity contribution < 1.29 is 14.2 Å². The summed E-state index contributed by atoms with van der Waals surface area (Å²) in [4.78, 5) is 2.34. The summed E-state index contributed by atoms with van der Waals surface area (Å²) < 4.78 is 19.3. The number of aliphatic hydroxyl groups excluding tert-OH is 1. The summed E-state index contributed by atoms with van der Waals surface area (Å²) in [5.41, 5.74) is 1.73. The summed E-state index contributed by atoms with van der Waals surface area (Å²) in [6.07, 6.45) is 1.06. The molecule has 1 aliphatic rings. The molecule has 3 rings (SSSR count). The molecule has 1 unspecified atom stereocenters. The van der Waals surface area contributed by atoms with Crippen LogP contribution in [0.2, 0.25) is 0 Å². The Morgan fingerprint density at radius 2 is 2.04 bits per heavy atom. The van der Waals surface area contributed by atoms with E-state index in [0.29, 0.717) is 11.5 Å². The van der Waals surface area contributed by atoms with E-state index in [0.717, 1.165) is 31.8 Å². The van der Waals surface area contributed by atoms with E-state index in [1.54, 1.807) is 12.1 Å². The lowest BCUT2D eigenvalue weighted by Gasteiger charge is -2.16. The quantitative estimate of drug-likeness (QED) is 0.888. The zero-order valence-corrected chi connectivity index (χ0v) is 13.1. The zero-order valence-electron chi connectivity index (χ0n) is 13.1. The van der Waals surface area contributed by atoms with Gasteiger partial charge in [-0.2, -0.15) is 0 Å². The summed E-state index contributed by atoms with van der Waals surface area (Å²) >= 11 is 0. The molecular formula is C19H22FNO2. The molecule has 0 aliphatic carbocycles. The van der Waals surface area contributed by atoms with Crippen LogP contribution in [0, 0.1) is 11.7 Å². The van der Waals surface area contributed by atoms with Crippen LogP contribution < -0.4 is 4.74 Å². The van der Waals surface area contributed by atoms with Gasteiger partial charge in [0.05, 0.1) is 0 Å². The van der Waals surface area contributed by atoms with Gasteiger partial charge in [-0.25, -0.2) is 4.39 Å². The van der Waals surface area contributed by atoms with E-state index in [1.807, 2.05) is 24.3 Å². The van der Waals surface area contributed by atoms with E-state index < -0.39 is 0 Å². The Balaban J connectivity index is 1.58. The number of rotatable bonds is 6. The Labute approximate surface area is 136 Å². The van der Waals surface area contributed by atoms with Gasteiger partial charge in [0.15, 0.2) is 0 Å². The zero-order chi connectivity index (χ0) is 16.1. The highest BCUT2D eigenvalue weighted by molar-refractivity contribution is 5.29. The van der Waals surface area contributed by atoms with Crippen LogP contribution in [0.25, 0.3) is 0 Å². The second-order valence-corrected chi connectivity index (χ2v) is 6.10. The number of benzene rings is 2. The fourth-order valence-corrected chi connectivity index (χ4v) is 2.97. The minimum atomic E-state index is -0.240. The maximum atomic E-state index is 13.6. The number of likely N-dealkylation sites (tertiary alicyclic amines) is 1. The summed E-state index contributed by atoms with van der Waals surface area (Å²) in [5.74, 6) is 0.912. The maximum absolute atomic E-state index is 13.6. The van der Waals surface area contributed by atoms with Gasteiger partial charge in [0.1, 0.15) is 18.2 Å². The third-order valence-electron chi connectivity index (χ3n) is 4.28. The summed E-state index contributed by atoms with van der Waals surface area (Å²) in [6, 6.07) is 14.6. The molecule has 1 heterocycles. The van der Waals surface area contributed by atoms with Gasteiger partial charge in [0.25, 0.3) is 0 Å². The molecule has 0 bridgehead atoms. The first-order valence-electron chi connectivity index (χ1n) is 8.03. The van der Waals surface area contributed by atoms with Crippen LogP contribution in [-0.4, -0.2) is 29.7 Å². The Morgan fingerprint density at radius 3 is 2.83 bits per heavy atom. The van der Waals surface area contributed by atoms with Crippen molar-refractivity contribution in [2.24, 2.45) is 5.92 Å². The molecular weight excluding hydrogens is 293 g/mol. The van der Waals surface area contributed by atoms with Gasteiger partial charge in [-0.05, 0) is 42.6 Å². The maximum Gasteiger partial charge on any atom is 0.129 e. The number of halogens is 1.